The average molecular weight is 460 g/mol. The standard InChI is InChI=1S/C26H25N3O3S/c1-31-18-9-6-8-17(16-18)24(28-22-13-4-5-14-27-22)23-19-10-2-3-12-21(19)33-26(23)29-25(30)20-11-7-15-32-20/h4-9,11,13-16,24H,2-3,10,12H2,1H3,(H,27,28)(H,29,30)/t24-/m0/s1. The van der Waals surface area contributed by atoms with Crippen LogP contribution in [-0.4, -0.2) is 18.0 Å². The summed E-state index contributed by atoms with van der Waals surface area (Å²) >= 11 is 1.67. The zero-order valence-electron chi connectivity index (χ0n) is 18.3. The van der Waals surface area contributed by atoms with Crippen LogP contribution in [0, 0.1) is 0 Å². The maximum atomic E-state index is 12.9. The molecule has 1 atom stereocenters. The fourth-order valence-corrected chi connectivity index (χ4v) is 5.62. The molecule has 1 aliphatic rings. The van der Waals surface area contributed by atoms with Gasteiger partial charge in [-0.25, -0.2) is 4.98 Å². The highest BCUT2D eigenvalue weighted by Crippen LogP contribution is 2.44. The minimum absolute atomic E-state index is 0.208. The van der Waals surface area contributed by atoms with Crippen molar-refractivity contribution in [3.63, 3.8) is 0 Å². The lowest BCUT2D eigenvalue weighted by atomic mass is 9.89. The van der Waals surface area contributed by atoms with E-state index >= 15 is 0 Å². The van der Waals surface area contributed by atoms with E-state index in [1.54, 1.807) is 36.8 Å². The first kappa shape index (κ1) is 21.3. The van der Waals surface area contributed by atoms with Crippen LogP contribution in [0.4, 0.5) is 10.8 Å². The topological polar surface area (TPSA) is 76.4 Å². The first-order valence-electron chi connectivity index (χ1n) is 11.0. The number of hydrogen-bond acceptors (Lipinski definition) is 6. The number of pyridine rings is 1. The minimum Gasteiger partial charge on any atom is -0.497 e. The molecule has 3 heterocycles. The molecule has 1 aromatic carbocycles. The van der Waals surface area contributed by atoms with Crippen molar-refractivity contribution in [1.29, 1.82) is 0 Å². The first-order valence-corrected chi connectivity index (χ1v) is 11.9. The molecule has 0 saturated heterocycles. The van der Waals surface area contributed by atoms with Crippen LogP contribution in [0.5, 0.6) is 5.75 Å². The number of carbonyl (C=O) groups excluding carboxylic acids is 1. The van der Waals surface area contributed by atoms with Crippen LogP contribution in [0.15, 0.2) is 71.5 Å². The van der Waals surface area contributed by atoms with Gasteiger partial charge in [-0.3, -0.25) is 4.79 Å². The van der Waals surface area contributed by atoms with Crippen LogP contribution in [0.2, 0.25) is 0 Å². The third-order valence-corrected chi connectivity index (χ3v) is 7.08. The van der Waals surface area contributed by atoms with Crippen molar-refractivity contribution in [3.8, 4) is 5.75 Å². The SMILES string of the molecule is COc1cccc([C@H](Nc2ccccn2)c2c(NC(=O)c3ccco3)sc3c2CCCC3)c1. The fraction of sp³-hybridized carbons (Fsp3) is 0.231. The lowest BCUT2D eigenvalue weighted by molar-refractivity contribution is 0.0997. The van der Waals surface area contributed by atoms with E-state index < -0.39 is 0 Å². The fourth-order valence-electron chi connectivity index (χ4n) is 4.30. The summed E-state index contributed by atoms with van der Waals surface area (Å²) in [5, 5.41) is 7.59. The Bertz CT molecular complexity index is 1240. The molecule has 2 N–H and O–H groups in total. The molecule has 0 bridgehead atoms. The molecule has 0 spiro atoms. The molecular formula is C26H25N3O3S. The first-order chi connectivity index (χ1) is 16.2. The van der Waals surface area contributed by atoms with Gasteiger partial charge in [0.05, 0.1) is 19.4 Å². The van der Waals surface area contributed by atoms with Crippen LogP contribution >= 0.6 is 11.3 Å². The Hall–Kier alpha value is -3.58. The number of ether oxygens (including phenoxy) is 1. The van der Waals surface area contributed by atoms with Gasteiger partial charge in [-0.15, -0.1) is 11.3 Å². The monoisotopic (exact) mass is 459 g/mol. The van der Waals surface area contributed by atoms with Crippen molar-refractivity contribution >= 4 is 28.1 Å². The molecule has 5 rings (SSSR count). The number of amides is 1. The summed E-state index contributed by atoms with van der Waals surface area (Å²) in [4.78, 5) is 18.7. The summed E-state index contributed by atoms with van der Waals surface area (Å²) in [7, 11) is 1.67. The van der Waals surface area contributed by atoms with E-state index in [-0.39, 0.29) is 11.9 Å². The van der Waals surface area contributed by atoms with Crippen molar-refractivity contribution in [2.75, 3.05) is 17.7 Å². The van der Waals surface area contributed by atoms with Gasteiger partial charge in [-0.1, -0.05) is 18.2 Å². The number of aromatic nitrogens is 1. The highest BCUT2D eigenvalue weighted by Gasteiger charge is 2.29. The normalized spacial score (nSPS) is 13.7. The summed E-state index contributed by atoms with van der Waals surface area (Å²) in [6.07, 6.45) is 7.59. The van der Waals surface area contributed by atoms with Gasteiger partial charge in [0.2, 0.25) is 0 Å². The van der Waals surface area contributed by atoms with Crippen LogP contribution in [0.3, 0.4) is 0 Å². The van der Waals surface area contributed by atoms with Crippen molar-refractivity contribution < 1.29 is 13.9 Å². The maximum absolute atomic E-state index is 12.9. The number of benzene rings is 1. The third-order valence-electron chi connectivity index (χ3n) is 5.86. The van der Waals surface area contributed by atoms with Crippen LogP contribution < -0.4 is 15.4 Å². The van der Waals surface area contributed by atoms with Gasteiger partial charge in [0, 0.05) is 16.6 Å². The number of nitrogens with zero attached hydrogens (tertiary/aromatic N) is 1. The van der Waals surface area contributed by atoms with Crippen molar-refractivity contribution in [3.05, 3.63) is 94.4 Å². The lowest BCUT2D eigenvalue weighted by Gasteiger charge is -2.24. The van der Waals surface area contributed by atoms with Crippen molar-refractivity contribution in [2.24, 2.45) is 0 Å². The van der Waals surface area contributed by atoms with E-state index in [2.05, 4.69) is 21.7 Å². The molecule has 168 valence electrons. The van der Waals surface area contributed by atoms with Gasteiger partial charge in [-0.05, 0) is 73.2 Å². The van der Waals surface area contributed by atoms with E-state index in [0.717, 1.165) is 53.4 Å². The molecule has 0 fully saturated rings. The third kappa shape index (κ3) is 4.50. The molecule has 0 radical (unpaired) electrons. The number of fused-ring (bicyclic) bond motifs is 1. The summed E-state index contributed by atoms with van der Waals surface area (Å²) in [5.74, 6) is 1.60. The van der Waals surface area contributed by atoms with Gasteiger partial charge >= 0.3 is 0 Å². The lowest BCUT2D eigenvalue weighted by Crippen LogP contribution is -2.18. The highest BCUT2D eigenvalue weighted by atomic mass is 32.1. The maximum Gasteiger partial charge on any atom is 0.291 e. The predicted octanol–water partition coefficient (Wildman–Crippen LogP) is 6.08. The van der Waals surface area contributed by atoms with Crippen molar-refractivity contribution in [2.45, 2.75) is 31.7 Å². The number of thiophene rings is 1. The molecule has 6 nitrogen and oxygen atoms in total. The number of anilines is 2. The number of rotatable bonds is 7. The van der Waals surface area contributed by atoms with Crippen molar-refractivity contribution in [1.82, 2.24) is 4.98 Å². The Balaban J connectivity index is 1.62. The molecule has 3 aromatic heterocycles. The molecular weight excluding hydrogens is 434 g/mol. The second kappa shape index (κ2) is 9.50. The number of carbonyl (C=O) groups is 1. The average Bonchev–Trinajstić information content (AvgIpc) is 3.52. The van der Waals surface area contributed by atoms with E-state index in [4.69, 9.17) is 9.15 Å². The minimum atomic E-state index is -0.248. The van der Waals surface area contributed by atoms with Crippen LogP contribution in [0.1, 0.15) is 51.0 Å². The summed E-state index contributed by atoms with van der Waals surface area (Å²) in [6.45, 7) is 0. The summed E-state index contributed by atoms with van der Waals surface area (Å²) in [6, 6.07) is 17.0. The number of hydrogen-bond donors (Lipinski definition) is 2. The van der Waals surface area contributed by atoms with Gasteiger partial charge in [-0.2, -0.15) is 0 Å². The Morgan fingerprint density at radius 2 is 2.03 bits per heavy atom. The molecule has 1 amide bonds. The van der Waals surface area contributed by atoms with Gasteiger partial charge in [0.25, 0.3) is 5.91 Å². The molecule has 7 heteroatoms. The Morgan fingerprint density at radius 3 is 2.82 bits per heavy atom. The van der Waals surface area contributed by atoms with Gasteiger partial charge in [0.15, 0.2) is 5.76 Å². The van der Waals surface area contributed by atoms with E-state index in [1.165, 1.54) is 16.7 Å². The largest absolute Gasteiger partial charge is 0.497 e. The van der Waals surface area contributed by atoms with Gasteiger partial charge < -0.3 is 19.8 Å². The number of nitrogens with one attached hydrogen (secondary N) is 2. The Labute approximate surface area is 196 Å². The molecule has 0 aliphatic heterocycles. The van der Waals surface area contributed by atoms with Crippen LogP contribution in [0.25, 0.3) is 0 Å². The molecule has 0 saturated carbocycles. The summed E-state index contributed by atoms with van der Waals surface area (Å²) < 4.78 is 10.8. The van der Waals surface area contributed by atoms with E-state index in [1.807, 2.05) is 36.4 Å². The predicted molar refractivity (Wildman–Crippen MR) is 130 cm³/mol. The highest BCUT2D eigenvalue weighted by molar-refractivity contribution is 7.16. The zero-order chi connectivity index (χ0) is 22.6. The number of furan rings is 1. The van der Waals surface area contributed by atoms with Crippen LogP contribution in [-0.2, 0) is 12.8 Å². The molecule has 1 aliphatic carbocycles. The zero-order valence-corrected chi connectivity index (χ0v) is 19.2. The second-order valence-electron chi connectivity index (χ2n) is 7.95. The quantitative estimate of drug-likeness (QED) is 0.350. The Kier molecular flexibility index (Phi) is 6.13. The van der Waals surface area contributed by atoms with E-state index in [9.17, 15) is 4.79 Å². The second-order valence-corrected chi connectivity index (χ2v) is 9.06. The smallest absolute Gasteiger partial charge is 0.291 e. The number of methoxy groups -OCH3 is 1. The molecule has 0 unspecified atom stereocenters. The number of aryl methyl sites for hydroxylation is 1. The molecule has 4 aromatic rings. The Morgan fingerprint density at radius 1 is 1.12 bits per heavy atom. The molecule has 33 heavy (non-hydrogen) atoms. The summed E-state index contributed by atoms with van der Waals surface area (Å²) in [5.41, 5.74) is 3.45. The van der Waals surface area contributed by atoms with E-state index in [0.29, 0.717) is 5.76 Å². The van der Waals surface area contributed by atoms with Gasteiger partial charge in [0.1, 0.15) is 16.6 Å².